The Morgan fingerprint density at radius 3 is 2.64 bits per heavy atom. The van der Waals surface area contributed by atoms with E-state index in [1.54, 1.807) is 30.5 Å². The molecule has 0 spiro atoms. The molecule has 2 N–H and O–H groups in total. The van der Waals surface area contributed by atoms with Crippen LogP contribution in [0.1, 0.15) is 47.4 Å². The first kappa shape index (κ1) is 18.6. The number of carbonyl (C=O) groups excluding carboxylic acids is 2. The summed E-state index contributed by atoms with van der Waals surface area (Å²) in [5, 5.41) is 5.73. The Bertz CT molecular complexity index is 771. The van der Waals surface area contributed by atoms with Gasteiger partial charge in [-0.05, 0) is 49.6 Å². The number of aryl methyl sites for hydroxylation is 2. The van der Waals surface area contributed by atoms with Gasteiger partial charge in [0.05, 0.1) is 0 Å². The molecule has 2 aromatic rings. The Balaban J connectivity index is 2.00. The molecular formula is C20H25N3O2. The lowest BCUT2D eigenvalue weighted by molar-refractivity contribution is -0.119. The van der Waals surface area contributed by atoms with E-state index in [9.17, 15) is 9.59 Å². The number of hydrogen-bond donors (Lipinski definition) is 2. The third-order valence-corrected chi connectivity index (χ3v) is 4.30. The van der Waals surface area contributed by atoms with Gasteiger partial charge in [0.25, 0.3) is 5.91 Å². The molecule has 1 aromatic carbocycles. The second-order valence-electron chi connectivity index (χ2n) is 6.31. The molecule has 25 heavy (non-hydrogen) atoms. The van der Waals surface area contributed by atoms with Crippen molar-refractivity contribution in [1.29, 1.82) is 0 Å². The van der Waals surface area contributed by atoms with E-state index in [4.69, 9.17) is 0 Å². The van der Waals surface area contributed by atoms with E-state index in [1.165, 1.54) is 0 Å². The van der Waals surface area contributed by atoms with Crippen molar-refractivity contribution < 1.29 is 9.59 Å². The molecule has 0 aliphatic heterocycles. The average Bonchev–Trinajstić information content (AvgIpc) is 2.61. The summed E-state index contributed by atoms with van der Waals surface area (Å²) in [7, 11) is 0. The molecule has 0 bridgehead atoms. The summed E-state index contributed by atoms with van der Waals surface area (Å²) in [5.41, 5.74) is 4.18. The molecule has 0 aliphatic carbocycles. The zero-order chi connectivity index (χ0) is 18.4. The fourth-order valence-electron chi connectivity index (χ4n) is 2.27. The number of nitrogens with one attached hydrogen (secondary N) is 2. The summed E-state index contributed by atoms with van der Waals surface area (Å²) in [5.74, 6) is -0.283. The number of anilines is 1. The lowest BCUT2D eigenvalue weighted by atomic mass is 10.1. The van der Waals surface area contributed by atoms with Crippen molar-refractivity contribution in [3.05, 3.63) is 58.9 Å². The Morgan fingerprint density at radius 2 is 1.96 bits per heavy atom. The van der Waals surface area contributed by atoms with Gasteiger partial charge in [0.2, 0.25) is 5.91 Å². The SMILES string of the molecule is CCC(C)C(=O)Nc1cccc(C(=O)NCc2cnc(C)c(C)c2)c1. The molecular weight excluding hydrogens is 314 g/mol. The van der Waals surface area contributed by atoms with Crippen molar-refractivity contribution >= 4 is 17.5 Å². The Morgan fingerprint density at radius 1 is 1.20 bits per heavy atom. The summed E-state index contributed by atoms with van der Waals surface area (Å²) in [6.45, 7) is 8.21. The normalized spacial score (nSPS) is 11.7. The highest BCUT2D eigenvalue weighted by Crippen LogP contribution is 2.13. The van der Waals surface area contributed by atoms with Gasteiger partial charge in [0.15, 0.2) is 0 Å². The zero-order valence-electron chi connectivity index (χ0n) is 15.2. The minimum atomic E-state index is -0.183. The van der Waals surface area contributed by atoms with Gasteiger partial charge in [-0.15, -0.1) is 0 Å². The molecule has 132 valence electrons. The van der Waals surface area contributed by atoms with Gasteiger partial charge in [-0.1, -0.05) is 26.0 Å². The van der Waals surface area contributed by atoms with Gasteiger partial charge in [-0.25, -0.2) is 0 Å². The molecule has 0 saturated heterocycles. The minimum absolute atomic E-state index is 0.0405. The highest BCUT2D eigenvalue weighted by atomic mass is 16.2. The highest BCUT2D eigenvalue weighted by molar-refractivity contribution is 5.97. The second kappa shape index (κ2) is 8.42. The number of amides is 2. The highest BCUT2D eigenvalue weighted by Gasteiger charge is 2.12. The molecule has 0 fully saturated rings. The maximum absolute atomic E-state index is 12.4. The van der Waals surface area contributed by atoms with Gasteiger partial charge in [-0.3, -0.25) is 14.6 Å². The number of benzene rings is 1. The molecule has 0 saturated carbocycles. The number of aromatic nitrogens is 1. The Kier molecular flexibility index (Phi) is 6.28. The quantitative estimate of drug-likeness (QED) is 0.844. The van der Waals surface area contributed by atoms with Gasteiger partial charge in [-0.2, -0.15) is 0 Å². The lowest BCUT2D eigenvalue weighted by Crippen LogP contribution is -2.23. The van der Waals surface area contributed by atoms with Crippen LogP contribution in [0, 0.1) is 19.8 Å². The van der Waals surface area contributed by atoms with Crippen LogP contribution in [0.15, 0.2) is 36.5 Å². The van der Waals surface area contributed by atoms with Crippen molar-refractivity contribution in [1.82, 2.24) is 10.3 Å². The maximum Gasteiger partial charge on any atom is 0.251 e. The van der Waals surface area contributed by atoms with Crippen molar-refractivity contribution in [3.8, 4) is 0 Å². The van der Waals surface area contributed by atoms with Crippen LogP contribution >= 0.6 is 0 Å². The van der Waals surface area contributed by atoms with Crippen molar-refractivity contribution in [2.24, 2.45) is 5.92 Å². The van der Waals surface area contributed by atoms with E-state index in [2.05, 4.69) is 15.6 Å². The molecule has 2 amide bonds. The molecule has 5 nitrogen and oxygen atoms in total. The smallest absolute Gasteiger partial charge is 0.251 e. The first-order valence-corrected chi connectivity index (χ1v) is 8.52. The van der Waals surface area contributed by atoms with Crippen LogP contribution in [0.5, 0.6) is 0 Å². The van der Waals surface area contributed by atoms with Crippen LogP contribution in [-0.4, -0.2) is 16.8 Å². The molecule has 1 heterocycles. The van der Waals surface area contributed by atoms with E-state index in [0.717, 1.165) is 23.2 Å². The van der Waals surface area contributed by atoms with Gasteiger partial charge in [0.1, 0.15) is 0 Å². The monoisotopic (exact) mass is 339 g/mol. The summed E-state index contributed by atoms with van der Waals surface area (Å²) < 4.78 is 0. The zero-order valence-corrected chi connectivity index (χ0v) is 15.2. The predicted molar refractivity (Wildman–Crippen MR) is 99.4 cm³/mol. The van der Waals surface area contributed by atoms with Crippen LogP contribution < -0.4 is 10.6 Å². The second-order valence-corrected chi connectivity index (χ2v) is 6.31. The molecule has 0 aliphatic rings. The Hall–Kier alpha value is -2.69. The van der Waals surface area contributed by atoms with E-state index in [-0.39, 0.29) is 17.7 Å². The third kappa shape index (κ3) is 5.14. The number of carbonyl (C=O) groups is 2. The number of pyridine rings is 1. The number of nitrogens with zero attached hydrogens (tertiary/aromatic N) is 1. The van der Waals surface area contributed by atoms with Crippen LogP contribution in [0.4, 0.5) is 5.69 Å². The number of rotatable bonds is 6. The van der Waals surface area contributed by atoms with Crippen molar-refractivity contribution in [2.45, 2.75) is 40.7 Å². The predicted octanol–water partition coefficient (Wildman–Crippen LogP) is 3.61. The van der Waals surface area contributed by atoms with Crippen LogP contribution in [0.2, 0.25) is 0 Å². The maximum atomic E-state index is 12.4. The van der Waals surface area contributed by atoms with Gasteiger partial charge in [0, 0.05) is 35.6 Å². The minimum Gasteiger partial charge on any atom is -0.348 e. The topological polar surface area (TPSA) is 71.1 Å². The molecule has 5 heteroatoms. The van der Waals surface area contributed by atoms with Gasteiger partial charge >= 0.3 is 0 Å². The van der Waals surface area contributed by atoms with Crippen molar-refractivity contribution in [2.75, 3.05) is 5.32 Å². The lowest BCUT2D eigenvalue weighted by Gasteiger charge is -2.11. The largest absolute Gasteiger partial charge is 0.348 e. The summed E-state index contributed by atoms with van der Waals surface area (Å²) in [6.07, 6.45) is 2.54. The van der Waals surface area contributed by atoms with Crippen molar-refractivity contribution in [3.63, 3.8) is 0 Å². The summed E-state index contributed by atoms with van der Waals surface area (Å²) in [4.78, 5) is 28.6. The molecule has 0 radical (unpaired) electrons. The number of hydrogen-bond acceptors (Lipinski definition) is 3. The average molecular weight is 339 g/mol. The Labute approximate surface area is 148 Å². The first-order valence-electron chi connectivity index (χ1n) is 8.52. The summed E-state index contributed by atoms with van der Waals surface area (Å²) >= 11 is 0. The van der Waals surface area contributed by atoms with E-state index >= 15 is 0 Å². The van der Waals surface area contributed by atoms with Crippen LogP contribution in [-0.2, 0) is 11.3 Å². The van der Waals surface area contributed by atoms with Crippen LogP contribution in [0.3, 0.4) is 0 Å². The molecule has 2 rings (SSSR count). The first-order chi connectivity index (χ1) is 11.9. The standard InChI is InChI=1S/C20H25N3O2/c1-5-13(2)19(24)23-18-8-6-7-17(10-18)20(25)22-12-16-9-14(3)15(4)21-11-16/h6-11,13H,5,12H2,1-4H3,(H,22,25)(H,23,24). The molecule has 1 unspecified atom stereocenters. The molecule has 1 aromatic heterocycles. The van der Waals surface area contributed by atoms with Gasteiger partial charge < -0.3 is 10.6 Å². The fourth-order valence-corrected chi connectivity index (χ4v) is 2.27. The molecule has 1 atom stereocenters. The summed E-state index contributed by atoms with van der Waals surface area (Å²) in [6, 6.07) is 8.98. The van der Waals surface area contributed by atoms with E-state index in [0.29, 0.717) is 17.8 Å². The van der Waals surface area contributed by atoms with E-state index in [1.807, 2.05) is 33.8 Å². The van der Waals surface area contributed by atoms with Crippen LogP contribution in [0.25, 0.3) is 0 Å². The third-order valence-electron chi connectivity index (χ3n) is 4.30. The fraction of sp³-hybridized carbons (Fsp3) is 0.350. The van der Waals surface area contributed by atoms with E-state index < -0.39 is 0 Å².